The monoisotopic (exact) mass is 278 g/mol. The molecule has 3 N–H and O–H groups in total. The van der Waals surface area contributed by atoms with Crippen molar-refractivity contribution >= 4 is 16.2 Å². The number of hydrogen-bond donors (Lipinski definition) is 3. The molecular formula is C11H22N2O4S. The normalized spacial score (nSPS) is 19.6. The molecule has 0 aliphatic heterocycles. The van der Waals surface area contributed by atoms with Gasteiger partial charge in [-0.15, -0.1) is 0 Å². The van der Waals surface area contributed by atoms with Gasteiger partial charge in [-0.25, -0.2) is 9.44 Å². The van der Waals surface area contributed by atoms with E-state index in [1.807, 2.05) is 0 Å². The Morgan fingerprint density at radius 1 is 1.22 bits per heavy atom. The summed E-state index contributed by atoms with van der Waals surface area (Å²) in [6.45, 7) is 2.22. The number of rotatable bonds is 7. The number of aliphatic carboxylic acids is 1. The van der Waals surface area contributed by atoms with Gasteiger partial charge in [-0.3, -0.25) is 4.79 Å². The Balaban J connectivity index is 2.64. The van der Waals surface area contributed by atoms with Gasteiger partial charge >= 0.3 is 5.97 Å². The van der Waals surface area contributed by atoms with E-state index in [1.54, 1.807) is 6.92 Å². The maximum atomic E-state index is 11.5. The highest BCUT2D eigenvalue weighted by molar-refractivity contribution is 7.87. The second kappa shape index (κ2) is 6.49. The summed E-state index contributed by atoms with van der Waals surface area (Å²) in [7, 11) is -3.50. The quantitative estimate of drug-likeness (QED) is 0.643. The molecule has 0 radical (unpaired) electrons. The van der Waals surface area contributed by atoms with Crippen molar-refractivity contribution in [3.63, 3.8) is 0 Å². The van der Waals surface area contributed by atoms with E-state index in [2.05, 4.69) is 9.44 Å². The molecule has 0 aromatic rings. The summed E-state index contributed by atoms with van der Waals surface area (Å²) in [5, 5.41) is 8.97. The minimum atomic E-state index is -3.50. The molecule has 1 aliphatic rings. The van der Waals surface area contributed by atoms with E-state index >= 15 is 0 Å². The maximum Gasteiger partial charge on any atom is 0.303 e. The molecule has 0 spiro atoms. The Morgan fingerprint density at radius 2 is 1.83 bits per heavy atom. The van der Waals surface area contributed by atoms with Crippen molar-refractivity contribution in [2.24, 2.45) is 5.41 Å². The number of nitrogens with one attached hydrogen (secondary N) is 2. The molecule has 0 saturated heterocycles. The lowest BCUT2D eigenvalue weighted by atomic mass is 9.72. The van der Waals surface area contributed by atoms with Gasteiger partial charge < -0.3 is 5.11 Å². The molecule has 1 saturated carbocycles. The molecule has 18 heavy (non-hydrogen) atoms. The van der Waals surface area contributed by atoms with E-state index in [4.69, 9.17) is 5.11 Å². The summed E-state index contributed by atoms with van der Waals surface area (Å²) in [6, 6.07) is 0. The summed E-state index contributed by atoms with van der Waals surface area (Å²) >= 11 is 0. The first-order valence-electron chi connectivity index (χ1n) is 6.35. The fourth-order valence-electron chi connectivity index (χ4n) is 2.53. The minimum absolute atomic E-state index is 0.0294. The van der Waals surface area contributed by atoms with Crippen molar-refractivity contribution in [1.29, 1.82) is 0 Å². The van der Waals surface area contributed by atoms with Gasteiger partial charge in [0.2, 0.25) is 0 Å². The first-order valence-corrected chi connectivity index (χ1v) is 7.83. The fourth-order valence-corrected chi connectivity index (χ4v) is 3.51. The van der Waals surface area contributed by atoms with Crippen LogP contribution in [0.2, 0.25) is 0 Å². The summed E-state index contributed by atoms with van der Waals surface area (Å²) in [6.07, 6.45) is 4.61. The molecule has 0 atom stereocenters. The Morgan fingerprint density at radius 3 is 2.33 bits per heavy atom. The maximum absolute atomic E-state index is 11.5. The van der Waals surface area contributed by atoms with Crippen LogP contribution in [0.5, 0.6) is 0 Å². The van der Waals surface area contributed by atoms with Crippen LogP contribution in [0.1, 0.15) is 45.4 Å². The fraction of sp³-hybridized carbons (Fsp3) is 0.909. The smallest absolute Gasteiger partial charge is 0.303 e. The van der Waals surface area contributed by atoms with Gasteiger partial charge in [-0.2, -0.15) is 8.42 Å². The van der Waals surface area contributed by atoms with E-state index in [0.29, 0.717) is 6.54 Å². The molecule has 106 valence electrons. The van der Waals surface area contributed by atoms with E-state index < -0.39 is 21.6 Å². The van der Waals surface area contributed by atoms with E-state index in [9.17, 15) is 13.2 Å². The molecule has 1 aliphatic carbocycles. The average molecular weight is 278 g/mol. The summed E-state index contributed by atoms with van der Waals surface area (Å²) < 4.78 is 27.9. The molecule has 0 amide bonds. The minimum Gasteiger partial charge on any atom is -0.481 e. The highest BCUT2D eigenvalue weighted by Gasteiger charge is 2.35. The highest BCUT2D eigenvalue weighted by Crippen LogP contribution is 2.38. The van der Waals surface area contributed by atoms with Crippen molar-refractivity contribution in [3.05, 3.63) is 0 Å². The third kappa shape index (κ3) is 4.91. The molecule has 1 fully saturated rings. The van der Waals surface area contributed by atoms with Crippen molar-refractivity contribution in [1.82, 2.24) is 9.44 Å². The van der Waals surface area contributed by atoms with E-state index in [1.165, 1.54) is 0 Å². The Kier molecular flexibility index (Phi) is 5.55. The zero-order chi connectivity index (χ0) is 13.6. The first kappa shape index (κ1) is 15.4. The van der Waals surface area contributed by atoms with Crippen LogP contribution in [0.3, 0.4) is 0 Å². The van der Waals surface area contributed by atoms with Crippen LogP contribution in [0, 0.1) is 5.41 Å². The zero-order valence-electron chi connectivity index (χ0n) is 10.7. The zero-order valence-corrected chi connectivity index (χ0v) is 11.6. The number of carboxylic acid groups (broad SMARTS) is 1. The molecule has 1 rings (SSSR count). The van der Waals surface area contributed by atoms with Gasteiger partial charge in [0.15, 0.2) is 0 Å². The van der Waals surface area contributed by atoms with Crippen LogP contribution in [-0.2, 0) is 15.0 Å². The van der Waals surface area contributed by atoms with Crippen molar-refractivity contribution in [2.75, 3.05) is 13.1 Å². The van der Waals surface area contributed by atoms with Gasteiger partial charge in [0.05, 0.1) is 6.42 Å². The molecular weight excluding hydrogens is 256 g/mol. The topological polar surface area (TPSA) is 95.5 Å². The third-order valence-electron chi connectivity index (χ3n) is 3.41. The molecule has 0 heterocycles. The SMILES string of the molecule is CCNS(=O)(=O)NCC1(CC(=O)O)CCCCC1. The van der Waals surface area contributed by atoms with Crippen LogP contribution in [0.15, 0.2) is 0 Å². The lowest BCUT2D eigenvalue weighted by Crippen LogP contribution is -2.44. The van der Waals surface area contributed by atoms with Crippen LogP contribution < -0.4 is 9.44 Å². The predicted octanol–water partition coefficient (Wildman–Crippen LogP) is 0.855. The largest absolute Gasteiger partial charge is 0.481 e. The lowest BCUT2D eigenvalue weighted by molar-refractivity contribution is -0.140. The second-order valence-corrected chi connectivity index (χ2v) is 6.54. The summed E-state index contributed by atoms with van der Waals surface area (Å²) in [4.78, 5) is 10.9. The van der Waals surface area contributed by atoms with Crippen LogP contribution in [0.4, 0.5) is 0 Å². The molecule has 6 nitrogen and oxygen atoms in total. The number of carboxylic acids is 1. The molecule has 0 aromatic heterocycles. The van der Waals surface area contributed by atoms with Gasteiger partial charge in [-0.05, 0) is 18.3 Å². The number of hydrogen-bond acceptors (Lipinski definition) is 3. The van der Waals surface area contributed by atoms with Crippen molar-refractivity contribution < 1.29 is 18.3 Å². The van der Waals surface area contributed by atoms with E-state index in [0.717, 1.165) is 32.1 Å². The Bertz CT molecular complexity index is 375. The van der Waals surface area contributed by atoms with Gasteiger partial charge in [0, 0.05) is 13.1 Å². The van der Waals surface area contributed by atoms with Crippen molar-refractivity contribution in [3.8, 4) is 0 Å². The van der Waals surface area contributed by atoms with Crippen LogP contribution >= 0.6 is 0 Å². The van der Waals surface area contributed by atoms with Crippen molar-refractivity contribution in [2.45, 2.75) is 45.4 Å². The first-order chi connectivity index (χ1) is 8.39. The Labute approximate surface area is 108 Å². The predicted molar refractivity (Wildman–Crippen MR) is 68.4 cm³/mol. The van der Waals surface area contributed by atoms with E-state index in [-0.39, 0.29) is 13.0 Å². The standard InChI is InChI=1S/C11H22N2O4S/c1-2-12-18(16,17)13-9-11(8-10(14)15)6-4-3-5-7-11/h12-13H,2-9H2,1H3,(H,14,15). The summed E-state index contributed by atoms with van der Waals surface area (Å²) in [5.74, 6) is -0.862. The van der Waals surface area contributed by atoms with Gasteiger partial charge in [0.1, 0.15) is 0 Å². The van der Waals surface area contributed by atoms with Crippen LogP contribution in [-0.4, -0.2) is 32.6 Å². The number of carbonyl (C=O) groups is 1. The van der Waals surface area contributed by atoms with Gasteiger partial charge in [0.25, 0.3) is 10.2 Å². The molecule has 0 aromatic carbocycles. The molecule has 0 bridgehead atoms. The van der Waals surface area contributed by atoms with Crippen LogP contribution in [0.25, 0.3) is 0 Å². The van der Waals surface area contributed by atoms with Gasteiger partial charge in [-0.1, -0.05) is 26.2 Å². The Hall–Kier alpha value is -0.660. The summed E-state index contributed by atoms with van der Waals surface area (Å²) in [5.41, 5.74) is -0.424. The third-order valence-corrected chi connectivity index (χ3v) is 4.61. The molecule has 7 heteroatoms. The highest BCUT2D eigenvalue weighted by atomic mass is 32.2. The molecule has 0 unspecified atom stereocenters. The lowest BCUT2D eigenvalue weighted by Gasteiger charge is -2.36. The average Bonchev–Trinajstić information content (AvgIpc) is 2.27. The second-order valence-electron chi connectivity index (χ2n) is 4.95.